The first-order valence-electron chi connectivity index (χ1n) is 11.5. The van der Waals surface area contributed by atoms with Gasteiger partial charge in [-0.05, 0) is 49.7 Å². The molecule has 0 radical (unpaired) electrons. The fraction of sp³-hybridized carbons (Fsp3) is 0.207. The van der Waals surface area contributed by atoms with Crippen LogP contribution in [0.4, 0.5) is 16.0 Å². The Hall–Kier alpha value is -4.44. The van der Waals surface area contributed by atoms with E-state index in [0.717, 1.165) is 22.5 Å². The quantitative estimate of drug-likeness (QED) is 0.376. The summed E-state index contributed by atoms with van der Waals surface area (Å²) in [5, 5.41) is 7.78. The van der Waals surface area contributed by atoms with Gasteiger partial charge in [-0.15, -0.1) is 0 Å². The minimum Gasteiger partial charge on any atom is -0.381 e. The van der Waals surface area contributed by atoms with E-state index in [4.69, 9.17) is 10.8 Å². The predicted octanol–water partition coefficient (Wildman–Crippen LogP) is 5.56. The number of anilines is 2. The molecule has 0 aliphatic carbocycles. The van der Waals surface area contributed by atoms with Gasteiger partial charge in [0.25, 0.3) is 5.91 Å². The van der Waals surface area contributed by atoms with Crippen LogP contribution < -0.4 is 11.1 Å². The summed E-state index contributed by atoms with van der Waals surface area (Å²) in [6.07, 6.45) is 1.41. The summed E-state index contributed by atoms with van der Waals surface area (Å²) in [6, 6.07) is 16.4. The van der Waals surface area contributed by atoms with E-state index in [0.29, 0.717) is 22.5 Å². The number of nitrogens with one attached hydrogen (secondary N) is 1. The Morgan fingerprint density at radius 3 is 2.42 bits per heavy atom. The molecule has 0 saturated carbocycles. The predicted molar refractivity (Wildman–Crippen MR) is 141 cm³/mol. The standard InChI is InChI=1S/C29H28FN5O/c1-18-6-12-23(13-7-18)35-26(16-25(34-35)29(3,4)5)33-28(36)22-10-8-19(2)21(15-22)11-9-20-14-24(30)27(31)32-17-20/h6-8,10,12-17H,1-5H3,(H2,31,32)(H,33,36). The average molecular weight is 482 g/mol. The fourth-order valence-electron chi connectivity index (χ4n) is 3.46. The third-order valence-corrected chi connectivity index (χ3v) is 5.71. The van der Waals surface area contributed by atoms with Crippen molar-refractivity contribution in [2.24, 2.45) is 0 Å². The van der Waals surface area contributed by atoms with Crippen molar-refractivity contribution in [2.75, 3.05) is 11.1 Å². The van der Waals surface area contributed by atoms with Crippen LogP contribution in [0.25, 0.3) is 5.69 Å². The minimum absolute atomic E-state index is 0.171. The molecule has 2 heterocycles. The van der Waals surface area contributed by atoms with Crippen molar-refractivity contribution in [3.63, 3.8) is 0 Å². The Morgan fingerprint density at radius 1 is 1.03 bits per heavy atom. The Bertz CT molecular complexity index is 1500. The maximum absolute atomic E-state index is 13.7. The average Bonchev–Trinajstić information content (AvgIpc) is 3.25. The maximum atomic E-state index is 13.7. The van der Waals surface area contributed by atoms with E-state index in [1.807, 2.05) is 50.2 Å². The van der Waals surface area contributed by atoms with Crippen LogP contribution in [0.15, 0.2) is 60.8 Å². The van der Waals surface area contributed by atoms with Crippen LogP contribution in [0.2, 0.25) is 0 Å². The number of halogens is 1. The number of carbonyl (C=O) groups excluding carboxylic acids is 1. The van der Waals surface area contributed by atoms with Crippen molar-refractivity contribution in [3.05, 3.63) is 100 Å². The van der Waals surface area contributed by atoms with Gasteiger partial charge in [-0.3, -0.25) is 4.79 Å². The van der Waals surface area contributed by atoms with E-state index in [-0.39, 0.29) is 17.1 Å². The molecule has 4 rings (SSSR count). The largest absolute Gasteiger partial charge is 0.381 e. The molecule has 182 valence electrons. The first kappa shape index (κ1) is 24.7. The molecule has 0 spiro atoms. The highest BCUT2D eigenvalue weighted by Crippen LogP contribution is 2.27. The molecular weight excluding hydrogens is 453 g/mol. The lowest BCUT2D eigenvalue weighted by Crippen LogP contribution is -2.15. The van der Waals surface area contributed by atoms with Gasteiger partial charge in [0, 0.05) is 34.4 Å². The summed E-state index contributed by atoms with van der Waals surface area (Å²) in [5.41, 5.74) is 10.5. The molecule has 0 fully saturated rings. The van der Waals surface area contributed by atoms with Gasteiger partial charge in [-0.25, -0.2) is 14.1 Å². The van der Waals surface area contributed by atoms with Crippen molar-refractivity contribution in [2.45, 2.75) is 40.0 Å². The number of aromatic nitrogens is 3. The molecule has 0 saturated heterocycles. The maximum Gasteiger partial charge on any atom is 0.256 e. The molecule has 0 atom stereocenters. The number of rotatable bonds is 3. The zero-order valence-corrected chi connectivity index (χ0v) is 21.0. The molecule has 2 aromatic heterocycles. The molecule has 1 amide bonds. The minimum atomic E-state index is -0.619. The number of hydrogen-bond acceptors (Lipinski definition) is 4. The van der Waals surface area contributed by atoms with Gasteiger partial charge in [0.15, 0.2) is 11.6 Å². The lowest BCUT2D eigenvalue weighted by Gasteiger charge is -2.14. The number of carbonyl (C=O) groups is 1. The number of hydrogen-bond donors (Lipinski definition) is 2. The summed E-state index contributed by atoms with van der Waals surface area (Å²) in [4.78, 5) is 17.0. The van der Waals surface area contributed by atoms with Gasteiger partial charge in [0.2, 0.25) is 0 Å². The molecule has 6 nitrogen and oxygen atoms in total. The third kappa shape index (κ3) is 5.44. The van der Waals surface area contributed by atoms with Crippen LogP contribution in [-0.2, 0) is 5.41 Å². The first-order valence-corrected chi connectivity index (χ1v) is 11.5. The zero-order chi connectivity index (χ0) is 26.0. The van der Waals surface area contributed by atoms with E-state index >= 15 is 0 Å². The Balaban J connectivity index is 1.65. The number of nitrogen functional groups attached to an aromatic ring is 1. The molecule has 0 aliphatic heterocycles. The van der Waals surface area contributed by atoms with Crippen molar-refractivity contribution in [1.82, 2.24) is 14.8 Å². The van der Waals surface area contributed by atoms with E-state index < -0.39 is 5.82 Å². The monoisotopic (exact) mass is 481 g/mol. The topological polar surface area (TPSA) is 85.8 Å². The molecule has 36 heavy (non-hydrogen) atoms. The molecule has 7 heteroatoms. The SMILES string of the molecule is Cc1ccc(-n2nc(C(C)(C)C)cc2NC(=O)c2ccc(C)c(C#Cc3cnc(N)c(F)c3)c2)cc1. The molecule has 0 aliphatic rings. The van der Waals surface area contributed by atoms with Crippen LogP contribution in [-0.4, -0.2) is 20.7 Å². The van der Waals surface area contributed by atoms with Crippen molar-refractivity contribution >= 4 is 17.5 Å². The summed E-state index contributed by atoms with van der Waals surface area (Å²) < 4.78 is 15.4. The van der Waals surface area contributed by atoms with E-state index in [1.165, 1.54) is 12.3 Å². The second-order valence-electron chi connectivity index (χ2n) is 9.74. The number of pyridine rings is 1. The van der Waals surface area contributed by atoms with Crippen molar-refractivity contribution in [3.8, 4) is 17.5 Å². The molecule has 3 N–H and O–H groups in total. The first-order chi connectivity index (χ1) is 17.0. The zero-order valence-electron chi connectivity index (χ0n) is 21.0. The molecule has 4 aromatic rings. The van der Waals surface area contributed by atoms with Crippen molar-refractivity contribution < 1.29 is 9.18 Å². The second-order valence-corrected chi connectivity index (χ2v) is 9.74. The summed E-state index contributed by atoms with van der Waals surface area (Å²) in [7, 11) is 0. The van der Waals surface area contributed by atoms with Gasteiger partial charge in [0.05, 0.1) is 11.4 Å². The van der Waals surface area contributed by atoms with Gasteiger partial charge >= 0.3 is 0 Å². The highest BCUT2D eigenvalue weighted by atomic mass is 19.1. The van der Waals surface area contributed by atoms with Gasteiger partial charge in [0.1, 0.15) is 5.82 Å². The van der Waals surface area contributed by atoms with Gasteiger partial charge in [-0.1, -0.05) is 56.4 Å². The van der Waals surface area contributed by atoms with E-state index in [1.54, 1.807) is 16.8 Å². The Labute approximate surface area is 210 Å². The third-order valence-electron chi connectivity index (χ3n) is 5.71. The summed E-state index contributed by atoms with van der Waals surface area (Å²) in [5.74, 6) is 5.39. The summed E-state index contributed by atoms with van der Waals surface area (Å²) in [6.45, 7) is 10.2. The smallest absolute Gasteiger partial charge is 0.256 e. The van der Waals surface area contributed by atoms with Crippen LogP contribution in [0.3, 0.4) is 0 Å². The molecule has 0 bridgehead atoms. The summed E-state index contributed by atoms with van der Waals surface area (Å²) >= 11 is 0. The highest BCUT2D eigenvalue weighted by Gasteiger charge is 2.22. The number of nitrogens with two attached hydrogens (primary N) is 1. The molecule has 0 unspecified atom stereocenters. The second kappa shape index (κ2) is 9.67. The Kier molecular flexibility index (Phi) is 6.63. The highest BCUT2D eigenvalue weighted by molar-refractivity contribution is 6.04. The lowest BCUT2D eigenvalue weighted by atomic mass is 9.92. The van der Waals surface area contributed by atoms with Crippen LogP contribution in [0.5, 0.6) is 0 Å². The van der Waals surface area contributed by atoms with Crippen LogP contribution in [0.1, 0.15) is 59.1 Å². The number of nitrogens with zero attached hydrogens (tertiary/aromatic N) is 3. The van der Waals surface area contributed by atoms with Gasteiger partial charge < -0.3 is 11.1 Å². The van der Waals surface area contributed by atoms with E-state index in [9.17, 15) is 9.18 Å². The van der Waals surface area contributed by atoms with Gasteiger partial charge in [-0.2, -0.15) is 5.10 Å². The number of benzene rings is 2. The van der Waals surface area contributed by atoms with Crippen LogP contribution in [0, 0.1) is 31.5 Å². The molecular formula is C29H28FN5O. The number of amides is 1. The molecule has 2 aromatic carbocycles. The lowest BCUT2D eigenvalue weighted by molar-refractivity contribution is 0.102. The fourth-order valence-corrected chi connectivity index (χ4v) is 3.46. The Morgan fingerprint density at radius 2 is 1.75 bits per heavy atom. The normalized spacial score (nSPS) is 11.1. The van der Waals surface area contributed by atoms with Crippen LogP contribution >= 0.6 is 0 Å². The van der Waals surface area contributed by atoms with Crippen molar-refractivity contribution in [1.29, 1.82) is 0 Å². The van der Waals surface area contributed by atoms with E-state index in [2.05, 4.69) is 42.9 Å². The number of aryl methyl sites for hydroxylation is 2.